The van der Waals surface area contributed by atoms with Crippen molar-refractivity contribution in [2.75, 3.05) is 6.61 Å². The maximum absolute atomic E-state index is 11.7. The van der Waals surface area contributed by atoms with Crippen LogP contribution in [0.25, 0.3) is 0 Å². The molecule has 1 unspecified atom stereocenters. The third kappa shape index (κ3) is 4.38. The van der Waals surface area contributed by atoms with Gasteiger partial charge in [-0.3, -0.25) is 4.79 Å². The number of carbonyl (C=O) groups is 2. The Morgan fingerprint density at radius 3 is 2.58 bits per heavy atom. The summed E-state index contributed by atoms with van der Waals surface area (Å²) in [5, 5.41) is 14.0. The number of hydrogen-bond acceptors (Lipinski definition) is 3. The molecular formula is C13H24N2O4. The van der Waals surface area contributed by atoms with Gasteiger partial charge in [0, 0.05) is 12.6 Å². The highest BCUT2D eigenvalue weighted by Crippen LogP contribution is 2.31. The Hall–Kier alpha value is -1.30. The van der Waals surface area contributed by atoms with Crippen LogP contribution in [-0.4, -0.2) is 41.4 Å². The number of carboxylic acid groups (broad SMARTS) is 1. The first-order chi connectivity index (χ1) is 8.92. The van der Waals surface area contributed by atoms with Gasteiger partial charge in [0.05, 0.1) is 5.60 Å². The molecule has 3 N–H and O–H groups in total. The first-order valence-corrected chi connectivity index (χ1v) is 6.86. The van der Waals surface area contributed by atoms with Crippen molar-refractivity contribution in [3.63, 3.8) is 0 Å². The van der Waals surface area contributed by atoms with Gasteiger partial charge in [-0.1, -0.05) is 13.8 Å². The minimum atomic E-state index is -1.04. The molecule has 0 radical (unpaired) electrons. The van der Waals surface area contributed by atoms with Crippen LogP contribution in [0.5, 0.6) is 0 Å². The van der Waals surface area contributed by atoms with Gasteiger partial charge < -0.3 is 20.5 Å². The third-order valence-corrected chi connectivity index (χ3v) is 3.83. The minimum Gasteiger partial charge on any atom is -0.480 e. The highest BCUT2D eigenvalue weighted by Gasteiger charge is 2.35. The fourth-order valence-electron chi connectivity index (χ4n) is 2.38. The van der Waals surface area contributed by atoms with E-state index in [9.17, 15) is 9.59 Å². The zero-order valence-corrected chi connectivity index (χ0v) is 11.9. The van der Waals surface area contributed by atoms with Crippen LogP contribution in [0, 0.1) is 0 Å². The first kappa shape index (κ1) is 15.8. The number of hydrogen-bond donors (Lipinski definition) is 3. The zero-order valence-electron chi connectivity index (χ0n) is 11.9. The Balaban J connectivity index is 2.48. The van der Waals surface area contributed by atoms with Crippen molar-refractivity contribution in [3.8, 4) is 0 Å². The summed E-state index contributed by atoms with van der Waals surface area (Å²) in [6.45, 7) is 6.23. The monoisotopic (exact) mass is 272 g/mol. The van der Waals surface area contributed by atoms with Crippen LogP contribution in [0.4, 0.5) is 4.79 Å². The lowest BCUT2D eigenvalue weighted by atomic mass is 9.86. The molecule has 6 heteroatoms. The normalized spacial score (nSPS) is 23.4. The molecule has 2 atom stereocenters. The minimum absolute atomic E-state index is 0.0367. The summed E-state index contributed by atoms with van der Waals surface area (Å²) in [7, 11) is 0. The smallest absolute Gasteiger partial charge is 0.325 e. The molecule has 0 aromatic rings. The van der Waals surface area contributed by atoms with Crippen molar-refractivity contribution >= 4 is 12.0 Å². The van der Waals surface area contributed by atoms with E-state index in [1.54, 1.807) is 0 Å². The number of urea groups is 1. The quantitative estimate of drug-likeness (QED) is 0.707. The molecule has 1 rings (SSSR count). The Bertz CT molecular complexity index is 329. The lowest BCUT2D eigenvalue weighted by molar-refractivity contribution is -0.138. The second-order valence-corrected chi connectivity index (χ2v) is 5.11. The lowest BCUT2D eigenvalue weighted by Crippen LogP contribution is -2.52. The Kier molecular flexibility index (Phi) is 5.60. The van der Waals surface area contributed by atoms with E-state index in [-0.39, 0.29) is 11.6 Å². The summed E-state index contributed by atoms with van der Waals surface area (Å²) in [6, 6.07) is -1.28. The number of amides is 2. The van der Waals surface area contributed by atoms with Crippen molar-refractivity contribution in [1.29, 1.82) is 0 Å². The van der Waals surface area contributed by atoms with Crippen molar-refractivity contribution in [2.24, 2.45) is 0 Å². The number of carbonyl (C=O) groups excluding carboxylic acids is 1. The molecule has 0 saturated carbocycles. The standard InChI is InChI=1S/C13H24N2O4/c1-4-13(5-2)8-10(6-7-19-13)15-12(18)14-9(3)11(16)17/h9-10H,4-8H2,1-3H3,(H,16,17)(H2,14,15,18)/t9-,10?/m1/s1. The SMILES string of the molecule is CCC1(CC)CC(NC(=O)N[C@H](C)C(=O)O)CCO1. The molecule has 0 aliphatic carbocycles. The molecule has 0 spiro atoms. The Labute approximate surface area is 113 Å². The van der Waals surface area contributed by atoms with Crippen molar-refractivity contribution in [1.82, 2.24) is 10.6 Å². The van der Waals surface area contributed by atoms with Gasteiger partial charge in [0.15, 0.2) is 0 Å². The summed E-state index contributed by atoms with van der Waals surface area (Å²) >= 11 is 0. The van der Waals surface area contributed by atoms with E-state index in [1.807, 2.05) is 0 Å². The van der Waals surface area contributed by atoms with E-state index in [0.717, 1.165) is 25.7 Å². The molecule has 19 heavy (non-hydrogen) atoms. The van der Waals surface area contributed by atoms with Crippen LogP contribution in [0.15, 0.2) is 0 Å². The van der Waals surface area contributed by atoms with Crippen LogP contribution in [0.1, 0.15) is 46.5 Å². The van der Waals surface area contributed by atoms with Gasteiger partial charge in [-0.2, -0.15) is 0 Å². The molecule has 1 fully saturated rings. The van der Waals surface area contributed by atoms with E-state index in [2.05, 4.69) is 24.5 Å². The second-order valence-electron chi connectivity index (χ2n) is 5.11. The molecule has 1 saturated heterocycles. The fraction of sp³-hybridized carbons (Fsp3) is 0.846. The highest BCUT2D eigenvalue weighted by atomic mass is 16.5. The first-order valence-electron chi connectivity index (χ1n) is 6.86. The van der Waals surface area contributed by atoms with Crippen LogP contribution in [0.3, 0.4) is 0 Å². The van der Waals surface area contributed by atoms with Crippen LogP contribution in [-0.2, 0) is 9.53 Å². The number of ether oxygens (including phenoxy) is 1. The summed E-state index contributed by atoms with van der Waals surface area (Å²) in [5.74, 6) is -1.04. The molecule has 0 aromatic heterocycles. The summed E-state index contributed by atoms with van der Waals surface area (Å²) < 4.78 is 5.83. The van der Waals surface area contributed by atoms with Crippen LogP contribution < -0.4 is 10.6 Å². The maximum Gasteiger partial charge on any atom is 0.325 e. The highest BCUT2D eigenvalue weighted by molar-refractivity contribution is 5.82. The van der Waals surface area contributed by atoms with Crippen LogP contribution >= 0.6 is 0 Å². The predicted octanol–water partition coefficient (Wildman–Crippen LogP) is 1.50. The van der Waals surface area contributed by atoms with E-state index in [0.29, 0.717) is 6.61 Å². The average molecular weight is 272 g/mol. The molecule has 6 nitrogen and oxygen atoms in total. The molecule has 0 aromatic carbocycles. The fourth-order valence-corrected chi connectivity index (χ4v) is 2.38. The number of rotatable bonds is 5. The molecular weight excluding hydrogens is 248 g/mol. The largest absolute Gasteiger partial charge is 0.480 e. The number of aliphatic carboxylic acids is 1. The maximum atomic E-state index is 11.7. The topological polar surface area (TPSA) is 87.7 Å². The van der Waals surface area contributed by atoms with Crippen molar-refractivity contribution in [2.45, 2.75) is 64.1 Å². The van der Waals surface area contributed by atoms with E-state index in [1.165, 1.54) is 6.92 Å². The van der Waals surface area contributed by atoms with Gasteiger partial charge in [-0.15, -0.1) is 0 Å². The van der Waals surface area contributed by atoms with Gasteiger partial charge >= 0.3 is 12.0 Å². The van der Waals surface area contributed by atoms with Gasteiger partial charge in [-0.05, 0) is 32.6 Å². The Morgan fingerprint density at radius 1 is 1.42 bits per heavy atom. The van der Waals surface area contributed by atoms with Crippen molar-refractivity contribution < 1.29 is 19.4 Å². The van der Waals surface area contributed by atoms with Gasteiger partial charge in [0.25, 0.3) is 0 Å². The predicted molar refractivity (Wildman–Crippen MR) is 71.1 cm³/mol. The summed E-state index contributed by atoms with van der Waals surface area (Å²) in [6.07, 6.45) is 3.36. The molecule has 110 valence electrons. The molecule has 1 heterocycles. The van der Waals surface area contributed by atoms with Gasteiger partial charge in [0.1, 0.15) is 6.04 Å². The molecule has 2 amide bonds. The molecule has 1 aliphatic rings. The van der Waals surface area contributed by atoms with Crippen molar-refractivity contribution in [3.05, 3.63) is 0 Å². The third-order valence-electron chi connectivity index (χ3n) is 3.83. The number of nitrogens with one attached hydrogen (secondary N) is 2. The van der Waals surface area contributed by atoms with Gasteiger partial charge in [-0.25, -0.2) is 4.79 Å². The zero-order chi connectivity index (χ0) is 14.5. The van der Waals surface area contributed by atoms with Gasteiger partial charge in [0.2, 0.25) is 0 Å². The lowest BCUT2D eigenvalue weighted by Gasteiger charge is -2.40. The summed E-state index contributed by atoms with van der Waals surface area (Å²) in [4.78, 5) is 22.3. The number of carboxylic acids is 1. The second kappa shape index (κ2) is 6.75. The summed E-state index contributed by atoms with van der Waals surface area (Å²) in [5.41, 5.74) is -0.158. The Morgan fingerprint density at radius 2 is 2.05 bits per heavy atom. The average Bonchev–Trinajstić information content (AvgIpc) is 2.38. The van der Waals surface area contributed by atoms with E-state index in [4.69, 9.17) is 9.84 Å². The molecule has 0 bridgehead atoms. The molecule has 1 aliphatic heterocycles. The van der Waals surface area contributed by atoms with E-state index < -0.39 is 18.0 Å². The van der Waals surface area contributed by atoms with E-state index >= 15 is 0 Å². The van der Waals surface area contributed by atoms with Crippen LogP contribution in [0.2, 0.25) is 0 Å².